The van der Waals surface area contributed by atoms with E-state index in [1.54, 1.807) is 19.1 Å². The Morgan fingerprint density at radius 1 is 1.16 bits per heavy atom. The highest BCUT2D eigenvalue weighted by Crippen LogP contribution is 2.23. The summed E-state index contributed by atoms with van der Waals surface area (Å²) in [5, 5.41) is 8.26. The van der Waals surface area contributed by atoms with Crippen LogP contribution in [0.15, 0.2) is 65.9 Å². The number of nitrogens with zero attached hydrogens (tertiary/aromatic N) is 1. The van der Waals surface area contributed by atoms with E-state index >= 15 is 0 Å². The number of ether oxygens (including phenoxy) is 1. The van der Waals surface area contributed by atoms with Crippen LogP contribution in [0.25, 0.3) is 0 Å². The molecule has 1 aliphatic heterocycles. The van der Waals surface area contributed by atoms with E-state index in [0.717, 1.165) is 5.56 Å². The molecular formula is C24H28N4O4. The lowest BCUT2D eigenvalue weighted by molar-refractivity contribution is -0.138. The molecule has 0 saturated carbocycles. The molecule has 2 aromatic rings. The molecule has 0 saturated heterocycles. The van der Waals surface area contributed by atoms with Crippen LogP contribution in [0.2, 0.25) is 0 Å². The van der Waals surface area contributed by atoms with E-state index in [-0.39, 0.29) is 31.1 Å². The number of benzene rings is 2. The molecule has 3 amide bonds. The minimum atomic E-state index is -0.443. The third-order valence-corrected chi connectivity index (χ3v) is 5.31. The first-order valence-corrected chi connectivity index (χ1v) is 10.5. The number of hydrogen-bond donors (Lipinski definition) is 3. The summed E-state index contributed by atoms with van der Waals surface area (Å²) in [4.78, 5) is 38.6. The molecule has 3 rings (SSSR count). The standard InChI is InChI=1S/C24H28N4O4/c1-4-32-23(30)20-14-25-24(31)27-21(20)15-28(3)16(2)18-11-8-12-19(13-18)26-22(29)17-9-6-5-7-10-17/h5-13,16H,4,14-15H2,1-3H3,(H,26,29)(H2,25,27,31)/t16-/m0/s1. The minimum absolute atomic E-state index is 0.0497. The molecule has 0 aliphatic carbocycles. The average molecular weight is 437 g/mol. The van der Waals surface area contributed by atoms with Crippen molar-refractivity contribution in [3.05, 3.63) is 77.0 Å². The molecule has 1 atom stereocenters. The number of carbonyl (C=O) groups is 3. The molecular weight excluding hydrogens is 408 g/mol. The summed E-state index contributed by atoms with van der Waals surface area (Å²) in [6, 6.07) is 16.2. The number of amides is 3. The fourth-order valence-corrected chi connectivity index (χ4v) is 3.39. The van der Waals surface area contributed by atoms with E-state index in [4.69, 9.17) is 4.74 Å². The zero-order valence-corrected chi connectivity index (χ0v) is 18.5. The third kappa shape index (κ3) is 5.73. The Balaban J connectivity index is 1.73. The molecule has 3 N–H and O–H groups in total. The molecule has 0 radical (unpaired) electrons. The quantitative estimate of drug-likeness (QED) is 0.553. The summed E-state index contributed by atoms with van der Waals surface area (Å²) in [6.45, 7) is 4.50. The van der Waals surface area contributed by atoms with Crippen LogP contribution in [0.4, 0.5) is 10.5 Å². The van der Waals surface area contributed by atoms with Crippen molar-refractivity contribution in [1.29, 1.82) is 0 Å². The zero-order valence-electron chi connectivity index (χ0n) is 18.5. The molecule has 32 heavy (non-hydrogen) atoms. The monoisotopic (exact) mass is 436 g/mol. The van der Waals surface area contributed by atoms with Gasteiger partial charge in [-0.2, -0.15) is 0 Å². The second-order valence-corrected chi connectivity index (χ2v) is 7.52. The molecule has 1 heterocycles. The van der Waals surface area contributed by atoms with Gasteiger partial charge in [0.05, 0.1) is 18.7 Å². The van der Waals surface area contributed by atoms with Gasteiger partial charge in [0.1, 0.15) is 0 Å². The van der Waals surface area contributed by atoms with Crippen molar-refractivity contribution in [1.82, 2.24) is 15.5 Å². The number of esters is 1. The van der Waals surface area contributed by atoms with E-state index in [2.05, 4.69) is 16.0 Å². The molecule has 2 aromatic carbocycles. The van der Waals surface area contributed by atoms with E-state index in [1.807, 2.05) is 61.3 Å². The SMILES string of the molecule is CCOC(=O)C1=C(CN(C)[C@@H](C)c2cccc(NC(=O)c3ccccc3)c2)NC(=O)NC1. The normalized spacial score (nSPS) is 14.4. The van der Waals surface area contributed by atoms with Crippen molar-refractivity contribution < 1.29 is 19.1 Å². The Labute approximate surface area is 187 Å². The number of urea groups is 1. The molecule has 0 unspecified atom stereocenters. The highest BCUT2D eigenvalue weighted by atomic mass is 16.5. The van der Waals surface area contributed by atoms with Crippen LogP contribution in [0.5, 0.6) is 0 Å². The summed E-state index contributed by atoms with van der Waals surface area (Å²) in [5.74, 6) is -0.618. The van der Waals surface area contributed by atoms with Gasteiger partial charge >= 0.3 is 12.0 Å². The van der Waals surface area contributed by atoms with Crippen LogP contribution >= 0.6 is 0 Å². The Kier molecular flexibility index (Phi) is 7.62. The van der Waals surface area contributed by atoms with E-state index in [1.165, 1.54) is 0 Å². The number of anilines is 1. The average Bonchev–Trinajstić information content (AvgIpc) is 2.79. The molecule has 8 heteroatoms. The van der Waals surface area contributed by atoms with Crippen LogP contribution in [0.1, 0.15) is 35.8 Å². The first kappa shape index (κ1) is 23.0. The Morgan fingerprint density at radius 2 is 1.91 bits per heavy atom. The lowest BCUT2D eigenvalue weighted by Crippen LogP contribution is -2.46. The predicted octanol–water partition coefficient (Wildman–Crippen LogP) is 3.06. The second kappa shape index (κ2) is 10.6. The van der Waals surface area contributed by atoms with E-state index in [0.29, 0.717) is 29.1 Å². The Bertz CT molecular complexity index is 1020. The summed E-state index contributed by atoms with van der Waals surface area (Å²) in [7, 11) is 1.91. The van der Waals surface area contributed by atoms with Crippen molar-refractivity contribution in [2.24, 2.45) is 0 Å². The van der Waals surface area contributed by atoms with Crippen molar-refractivity contribution in [3.63, 3.8) is 0 Å². The minimum Gasteiger partial charge on any atom is -0.463 e. The van der Waals surface area contributed by atoms with Crippen molar-refractivity contribution in [2.45, 2.75) is 19.9 Å². The Morgan fingerprint density at radius 3 is 2.62 bits per heavy atom. The number of hydrogen-bond acceptors (Lipinski definition) is 5. The van der Waals surface area contributed by atoms with Crippen LogP contribution in [0.3, 0.4) is 0 Å². The lowest BCUT2D eigenvalue weighted by Gasteiger charge is -2.29. The number of likely N-dealkylation sites (N-methyl/N-ethyl adjacent to an activating group) is 1. The van der Waals surface area contributed by atoms with Crippen LogP contribution in [0, 0.1) is 0 Å². The van der Waals surface area contributed by atoms with Crippen molar-refractivity contribution in [3.8, 4) is 0 Å². The first-order valence-electron chi connectivity index (χ1n) is 10.5. The molecule has 0 fully saturated rings. The molecule has 0 aromatic heterocycles. The van der Waals surface area contributed by atoms with Crippen molar-refractivity contribution >= 4 is 23.6 Å². The molecule has 0 spiro atoms. The second-order valence-electron chi connectivity index (χ2n) is 7.52. The summed E-state index contributed by atoms with van der Waals surface area (Å²) in [6.07, 6.45) is 0. The number of nitrogens with one attached hydrogen (secondary N) is 3. The van der Waals surface area contributed by atoms with Crippen LogP contribution < -0.4 is 16.0 Å². The van der Waals surface area contributed by atoms with Gasteiger partial charge in [-0.1, -0.05) is 30.3 Å². The molecule has 8 nitrogen and oxygen atoms in total. The predicted molar refractivity (Wildman–Crippen MR) is 122 cm³/mol. The largest absolute Gasteiger partial charge is 0.463 e. The fraction of sp³-hybridized carbons (Fsp3) is 0.292. The summed E-state index contributed by atoms with van der Waals surface area (Å²) >= 11 is 0. The lowest BCUT2D eigenvalue weighted by atomic mass is 10.1. The molecule has 0 bridgehead atoms. The number of carbonyl (C=O) groups excluding carboxylic acids is 3. The molecule has 1 aliphatic rings. The summed E-state index contributed by atoms with van der Waals surface area (Å²) < 4.78 is 5.12. The summed E-state index contributed by atoms with van der Waals surface area (Å²) in [5.41, 5.74) is 3.20. The highest BCUT2D eigenvalue weighted by molar-refractivity contribution is 6.04. The van der Waals surface area contributed by atoms with Gasteiger partial charge < -0.3 is 20.7 Å². The van der Waals surface area contributed by atoms with Gasteiger partial charge in [-0.05, 0) is 50.7 Å². The van der Waals surface area contributed by atoms with Gasteiger partial charge in [0, 0.05) is 29.5 Å². The van der Waals surface area contributed by atoms with Gasteiger partial charge in [-0.25, -0.2) is 9.59 Å². The van der Waals surface area contributed by atoms with Gasteiger partial charge in [0.15, 0.2) is 0 Å². The Hall–Kier alpha value is -3.65. The van der Waals surface area contributed by atoms with Gasteiger partial charge in [-0.15, -0.1) is 0 Å². The van der Waals surface area contributed by atoms with Crippen LogP contribution in [-0.2, 0) is 9.53 Å². The van der Waals surface area contributed by atoms with Crippen molar-refractivity contribution in [2.75, 3.05) is 32.1 Å². The van der Waals surface area contributed by atoms with Crippen LogP contribution in [-0.4, -0.2) is 49.6 Å². The van der Waals surface area contributed by atoms with E-state index < -0.39 is 5.97 Å². The molecule has 168 valence electrons. The zero-order chi connectivity index (χ0) is 23.1. The van der Waals surface area contributed by atoms with Gasteiger partial charge in [0.25, 0.3) is 5.91 Å². The highest BCUT2D eigenvalue weighted by Gasteiger charge is 2.25. The number of rotatable bonds is 8. The maximum absolute atomic E-state index is 12.5. The van der Waals surface area contributed by atoms with E-state index in [9.17, 15) is 14.4 Å². The van der Waals surface area contributed by atoms with Gasteiger partial charge in [0.2, 0.25) is 0 Å². The first-order chi connectivity index (χ1) is 15.4. The maximum Gasteiger partial charge on any atom is 0.337 e. The smallest absolute Gasteiger partial charge is 0.337 e. The maximum atomic E-state index is 12.5. The van der Waals surface area contributed by atoms with Gasteiger partial charge in [-0.3, -0.25) is 9.69 Å². The fourth-order valence-electron chi connectivity index (χ4n) is 3.39. The topological polar surface area (TPSA) is 99.8 Å². The third-order valence-electron chi connectivity index (χ3n) is 5.31.